The number of ether oxygens (including phenoxy) is 2. The van der Waals surface area contributed by atoms with Gasteiger partial charge in [0.25, 0.3) is 0 Å². The van der Waals surface area contributed by atoms with Crippen LogP contribution >= 0.6 is 0 Å². The van der Waals surface area contributed by atoms with Crippen LogP contribution in [0.4, 0.5) is 0 Å². The third kappa shape index (κ3) is 5.00. The quantitative estimate of drug-likeness (QED) is 0.674. The van der Waals surface area contributed by atoms with Gasteiger partial charge < -0.3 is 19.9 Å². The molecule has 1 aromatic carbocycles. The Bertz CT molecular complexity index is 302. The highest BCUT2D eigenvalue weighted by Crippen LogP contribution is 2.18. The zero-order valence-electron chi connectivity index (χ0n) is 9.48. The van der Waals surface area contributed by atoms with E-state index in [0.29, 0.717) is 19.7 Å². The van der Waals surface area contributed by atoms with E-state index in [0.717, 1.165) is 11.5 Å². The first-order valence-electron chi connectivity index (χ1n) is 5.21. The largest absolute Gasteiger partial charge is 0.497 e. The molecule has 1 atom stereocenters. The maximum atomic E-state index is 8.91. The van der Waals surface area contributed by atoms with Crippen LogP contribution in [0.5, 0.6) is 11.5 Å². The van der Waals surface area contributed by atoms with Gasteiger partial charge in [-0.05, 0) is 19.1 Å². The van der Waals surface area contributed by atoms with Crippen molar-refractivity contribution in [2.45, 2.75) is 6.10 Å². The van der Waals surface area contributed by atoms with Crippen molar-refractivity contribution in [2.75, 3.05) is 26.8 Å². The molecule has 1 rings (SSSR count). The molecule has 4 nitrogen and oxygen atoms in total. The highest BCUT2D eigenvalue weighted by atomic mass is 16.5. The Morgan fingerprint density at radius 2 is 2.19 bits per heavy atom. The summed E-state index contributed by atoms with van der Waals surface area (Å²) in [6.45, 7) is 5.14. The minimum absolute atomic E-state index is 0.474. The molecule has 89 valence electrons. The summed E-state index contributed by atoms with van der Waals surface area (Å²) in [7, 11) is 1.62. The summed E-state index contributed by atoms with van der Waals surface area (Å²) in [6.07, 6.45) is -0.572. The van der Waals surface area contributed by atoms with Gasteiger partial charge in [-0.2, -0.15) is 0 Å². The molecule has 0 aliphatic carbocycles. The Labute approximate surface area is 96.2 Å². The fourth-order valence-electron chi connectivity index (χ4n) is 1.20. The van der Waals surface area contributed by atoms with Crippen LogP contribution in [0.1, 0.15) is 0 Å². The topological polar surface area (TPSA) is 50.7 Å². The van der Waals surface area contributed by atoms with E-state index in [1.165, 1.54) is 0 Å². The van der Waals surface area contributed by atoms with E-state index in [1.54, 1.807) is 7.11 Å². The van der Waals surface area contributed by atoms with Crippen LogP contribution in [0, 0.1) is 6.92 Å². The first-order valence-corrected chi connectivity index (χ1v) is 5.21. The number of aliphatic hydroxyl groups is 1. The lowest BCUT2D eigenvalue weighted by Crippen LogP contribution is -2.28. The van der Waals surface area contributed by atoms with Crippen LogP contribution in [-0.2, 0) is 0 Å². The third-order valence-electron chi connectivity index (χ3n) is 1.97. The second-order valence-corrected chi connectivity index (χ2v) is 3.39. The molecule has 0 spiro atoms. The zero-order valence-corrected chi connectivity index (χ0v) is 9.48. The lowest BCUT2D eigenvalue weighted by Gasteiger charge is -2.09. The summed E-state index contributed by atoms with van der Waals surface area (Å²) in [5.41, 5.74) is 0. The van der Waals surface area contributed by atoms with Gasteiger partial charge in [0.05, 0.1) is 13.2 Å². The fourth-order valence-corrected chi connectivity index (χ4v) is 1.20. The zero-order chi connectivity index (χ0) is 11.8. The van der Waals surface area contributed by atoms with Gasteiger partial charge >= 0.3 is 0 Å². The molecule has 4 heteroatoms. The Kier molecular flexibility index (Phi) is 5.67. The molecular weight excluding hydrogens is 206 g/mol. The molecule has 16 heavy (non-hydrogen) atoms. The minimum Gasteiger partial charge on any atom is -0.497 e. The molecule has 0 amide bonds. The second kappa shape index (κ2) is 7.09. The minimum atomic E-state index is -0.572. The van der Waals surface area contributed by atoms with Crippen LogP contribution in [0.2, 0.25) is 0 Å². The van der Waals surface area contributed by atoms with Gasteiger partial charge in [-0.1, -0.05) is 6.07 Å². The lowest BCUT2D eigenvalue weighted by molar-refractivity contribution is 0.211. The molecule has 0 heterocycles. The van der Waals surface area contributed by atoms with Crippen molar-refractivity contribution < 1.29 is 14.6 Å². The summed E-state index contributed by atoms with van der Waals surface area (Å²) in [5, 5.41) is 11.9. The van der Waals surface area contributed by atoms with Crippen LogP contribution in [0.3, 0.4) is 0 Å². The van der Waals surface area contributed by atoms with E-state index in [-0.39, 0.29) is 0 Å². The second-order valence-electron chi connectivity index (χ2n) is 3.39. The van der Waals surface area contributed by atoms with Gasteiger partial charge in [-0.25, -0.2) is 0 Å². The summed E-state index contributed by atoms with van der Waals surface area (Å²) in [4.78, 5) is 0. The number of methoxy groups -OCH3 is 1. The van der Waals surface area contributed by atoms with Crippen LogP contribution in [0.15, 0.2) is 24.3 Å². The molecule has 0 aliphatic rings. The average Bonchev–Trinajstić information content (AvgIpc) is 2.28. The molecule has 0 aromatic heterocycles. The van der Waals surface area contributed by atoms with Crippen LogP contribution in [-0.4, -0.2) is 38.0 Å². The van der Waals surface area contributed by atoms with Crippen molar-refractivity contribution in [1.29, 1.82) is 0 Å². The normalized spacial score (nSPS) is 12.2. The number of aliphatic hydroxyl groups excluding tert-OH is 1. The molecule has 0 bridgehead atoms. The number of hydrogen-bond acceptors (Lipinski definition) is 4. The van der Waals surface area contributed by atoms with Crippen molar-refractivity contribution in [2.24, 2.45) is 0 Å². The first-order chi connectivity index (χ1) is 7.72. The van der Waals surface area contributed by atoms with Crippen molar-refractivity contribution in [3.8, 4) is 11.5 Å². The molecule has 0 saturated heterocycles. The van der Waals surface area contributed by atoms with Gasteiger partial charge in [0.2, 0.25) is 0 Å². The number of benzene rings is 1. The maximum absolute atomic E-state index is 8.91. The SMILES string of the molecule is [CH2]C(O)CNCCOc1cccc(OC)c1. The fraction of sp³-hybridized carbons (Fsp3) is 0.417. The summed E-state index contributed by atoms with van der Waals surface area (Å²) in [6, 6.07) is 7.44. The molecular formula is C12H18NO3. The van der Waals surface area contributed by atoms with E-state index in [1.807, 2.05) is 24.3 Å². The smallest absolute Gasteiger partial charge is 0.123 e. The molecule has 1 radical (unpaired) electrons. The third-order valence-corrected chi connectivity index (χ3v) is 1.97. The Balaban J connectivity index is 2.21. The molecule has 1 aromatic rings. The first kappa shape index (κ1) is 12.8. The average molecular weight is 224 g/mol. The van der Waals surface area contributed by atoms with Crippen LogP contribution in [0.25, 0.3) is 0 Å². The van der Waals surface area contributed by atoms with Crippen molar-refractivity contribution in [3.63, 3.8) is 0 Å². The van der Waals surface area contributed by atoms with Gasteiger partial charge in [-0.15, -0.1) is 0 Å². The predicted octanol–water partition coefficient (Wildman–Crippen LogP) is 0.859. The number of nitrogens with one attached hydrogen (secondary N) is 1. The van der Waals surface area contributed by atoms with Gasteiger partial charge in [0, 0.05) is 19.2 Å². The Hall–Kier alpha value is -1.26. The standard InChI is InChI=1S/C12H18NO3/c1-10(14)9-13-6-7-16-12-5-3-4-11(8-12)15-2/h3-5,8,10,13-14H,1,6-7,9H2,2H3. The van der Waals surface area contributed by atoms with E-state index in [2.05, 4.69) is 12.2 Å². The Morgan fingerprint density at radius 1 is 1.44 bits per heavy atom. The number of hydrogen-bond donors (Lipinski definition) is 2. The van der Waals surface area contributed by atoms with Crippen molar-refractivity contribution in [3.05, 3.63) is 31.2 Å². The predicted molar refractivity (Wildman–Crippen MR) is 62.7 cm³/mol. The summed E-state index contributed by atoms with van der Waals surface area (Å²) >= 11 is 0. The van der Waals surface area contributed by atoms with Gasteiger partial charge in [0.15, 0.2) is 0 Å². The van der Waals surface area contributed by atoms with E-state index >= 15 is 0 Å². The summed E-state index contributed by atoms with van der Waals surface area (Å²) < 4.78 is 10.6. The maximum Gasteiger partial charge on any atom is 0.123 e. The van der Waals surface area contributed by atoms with Crippen molar-refractivity contribution in [1.82, 2.24) is 5.32 Å². The molecule has 1 unspecified atom stereocenters. The van der Waals surface area contributed by atoms with E-state index in [9.17, 15) is 0 Å². The summed E-state index contributed by atoms with van der Waals surface area (Å²) in [5.74, 6) is 1.55. The van der Waals surface area contributed by atoms with Gasteiger partial charge in [0.1, 0.15) is 18.1 Å². The van der Waals surface area contributed by atoms with Gasteiger partial charge in [-0.3, -0.25) is 0 Å². The van der Waals surface area contributed by atoms with Crippen LogP contribution < -0.4 is 14.8 Å². The molecule has 0 saturated carbocycles. The van der Waals surface area contributed by atoms with Crippen molar-refractivity contribution >= 4 is 0 Å². The highest BCUT2D eigenvalue weighted by molar-refractivity contribution is 5.32. The molecule has 2 N–H and O–H groups in total. The Morgan fingerprint density at radius 3 is 2.88 bits per heavy atom. The van der Waals surface area contributed by atoms with E-state index in [4.69, 9.17) is 14.6 Å². The number of rotatable bonds is 7. The monoisotopic (exact) mass is 224 g/mol. The van der Waals surface area contributed by atoms with E-state index < -0.39 is 6.10 Å². The lowest BCUT2D eigenvalue weighted by atomic mass is 10.3. The molecule has 0 fully saturated rings. The molecule has 0 aliphatic heterocycles. The highest BCUT2D eigenvalue weighted by Gasteiger charge is 1.97.